The minimum absolute atomic E-state index is 0.00329. The lowest BCUT2D eigenvalue weighted by atomic mass is 9.95. The summed E-state index contributed by atoms with van der Waals surface area (Å²) in [5, 5.41) is 14.3. The summed E-state index contributed by atoms with van der Waals surface area (Å²) in [6.07, 6.45) is -0.781. The van der Waals surface area contributed by atoms with Crippen molar-refractivity contribution in [2.75, 3.05) is 0 Å². The lowest BCUT2D eigenvalue weighted by Gasteiger charge is -2.15. The first-order valence-corrected chi connectivity index (χ1v) is 10.3. The van der Waals surface area contributed by atoms with E-state index in [-0.39, 0.29) is 12.2 Å². The van der Waals surface area contributed by atoms with Gasteiger partial charge in [-0.05, 0) is 63.3 Å². The van der Waals surface area contributed by atoms with E-state index in [2.05, 4.69) is 5.10 Å². The van der Waals surface area contributed by atoms with Crippen molar-refractivity contribution in [2.45, 2.75) is 64.7 Å². The number of pyridine rings is 1. The van der Waals surface area contributed by atoms with Crippen molar-refractivity contribution in [3.63, 3.8) is 0 Å². The summed E-state index contributed by atoms with van der Waals surface area (Å²) >= 11 is 0. The molecule has 166 valence electrons. The molecule has 7 heteroatoms. The molecule has 0 saturated heterocycles. The van der Waals surface area contributed by atoms with E-state index in [1.165, 1.54) is 10.7 Å². The van der Waals surface area contributed by atoms with Crippen LogP contribution in [0.3, 0.4) is 0 Å². The van der Waals surface area contributed by atoms with Gasteiger partial charge in [0, 0.05) is 24.6 Å². The van der Waals surface area contributed by atoms with Crippen molar-refractivity contribution >= 4 is 11.3 Å². The summed E-state index contributed by atoms with van der Waals surface area (Å²) in [7, 11) is 0. The molecule has 1 aromatic carbocycles. The molecule has 0 fully saturated rings. The number of alkyl halides is 3. The monoisotopic (exact) mass is 432 g/mol. The van der Waals surface area contributed by atoms with Gasteiger partial charge in [-0.2, -0.15) is 18.3 Å². The Morgan fingerprint density at radius 2 is 1.84 bits per heavy atom. The van der Waals surface area contributed by atoms with Crippen molar-refractivity contribution in [3.05, 3.63) is 59.4 Å². The van der Waals surface area contributed by atoms with Crippen LogP contribution >= 0.6 is 0 Å². The quantitative estimate of drug-likeness (QED) is 0.460. The highest BCUT2D eigenvalue weighted by atomic mass is 19.4. The molecule has 31 heavy (non-hydrogen) atoms. The van der Waals surface area contributed by atoms with E-state index in [9.17, 15) is 23.1 Å². The highest BCUT2D eigenvalue weighted by Gasteiger charge is 2.31. The van der Waals surface area contributed by atoms with E-state index in [0.29, 0.717) is 42.5 Å². The molecule has 0 saturated carbocycles. The Labute approximate surface area is 179 Å². The number of aryl methyl sites for hydroxylation is 2. The van der Waals surface area contributed by atoms with Gasteiger partial charge < -0.3 is 5.11 Å². The van der Waals surface area contributed by atoms with Gasteiger partial charge in [0.15, 0.2) is 0 Å². The molecule has 0 aliphatic carbocycles. The summed E-state index contributed by atoms with van der Waals surface area (Å²) in [5.74, 6) is -0.00329. The van der Waals surface area contributed by atoms with E-state index < -0.39 is 17.3 Å². The van der Waals surface area contributed by atoms with Crippen LogP contribution in [0.25, 0.3) is 16.6 Å². The Morgan fingerprint density at radius 3 is 2.48 bits per heavy atom. The molecular formula is C24H27F3N2O2. The molecule has 3 aromatic rings. The third-order valence-corrected chi connectivity index (χ3v) is 5.20. The van der Waals surface area contributed by atoms with Crippen LogP contribution in [0.5, 0.6) is 0 Å². The summed E-state index contributed by atoms with van der Waals surface area (Å²) in [6.45, 7) is 5.13. The topological polar surface area (TPSA) is 54.6 Å². The van der Waals surface area contributed by atoms with Gasteiger partial charge in [-0.25, -0.2) is 4.52 Å². The molecule has 0 aliphatic heterocycles. The first-order chi connectivity index (χ1) is 14.5. The summed E-state index contributed by atoms with van der Waals surface area (Å²) in [5.41, 5.74) is 1.90. The Hall–Kier alpha value is -2.67. The molecule has 2 heterocycles. The zero-order valence-corrected chi connectivity index (χ0v) is 18.0. The predicted octanol–water partition coefficient (Wildman–Crippen LogP) is 5.77. The minimum atomic E-state index is -4.43. The first-order valence-electron chi connectivity index (χ1n) is 10.3. The molecule has 0 bridgehead atoms. The number of rotatable bonds is 8. The fourth-order valence-corrected chi connectivity index (χ4v) is 3.78. The van der Waals surface area contributed by atoms with E-state index in [4.69, 9.17) is 0 Å². The Balaban J connectivity index is 1.89. The van der Waals surface area contributed by atoms with E-state index in [0.717, 1.165) is 23.3 Å². The average Bonchev–Trinajstić information content (AvgIpc) is 3.01. The molecule has 0 amide bonds. The average molecular weight is 432 g/mol. The second-order valence-corrected chi connectivity index (χ2v) is 8.61. The third-order valence-electron chi connectivity index (χ3n) is 5.20. The Bertz CT molecular complexity index is 1080. The van der Waals surface area contributed by atoms with Crippen LogP contribution in [0.4, 0.5) is 13.2 Å². The number of aliphatic hydroxyl groups is 1. The van der Waals surface area contributed by atoms with Gasteiger partial charge in [0.25, 0.3) is 0 Å². The fraction of sp³-hybridized carbons (Fsp3) is 0.417. The number of carbonyl (C=O) groups is 1. The zero-order chi connectivity index (χ0) is 22.8. The number of halogens is 3. The zero-order valence-electron chi connectivity index (χ0n) is 18.0. The van der Waals surface area contributed by atoms with Gasteiger partial charge in [0.05, 0.1) is 22.4 Å². The first kappa shape index (κ1) is 23.0. The van der Waals surface area contributed by atoms with Crippen molar-refractivity contribution in [2.24, 2.45) is 0 Å². The normalized spacial score (nSPS) is 12.5. The number of Topliss-reactive ketones (excluding diaryl/α,β-unsaturated/α-hetero) is 1. The van der Waals surface area contributed by atoms with Gasteiger partial charge in [0.2, 0.25) is 0 Å². The fourth-order valence-electron chi connectivity index (χ4n) is 3.78. The Morgan fingerprint density at radius 1 is 1.13 bits per heavy atom. The van der Waals surface area contributed by atoms with Crippen molar-refractivity contribution in [1.82, 2.24) is 9.61 Å². The van der Waals surface area contributed by atoms with Crippen LogP contribution in [0.2, 0.25) is 0 Å². The number of aromatic nitrogens is 2. The van der Waals surface area contributed by atoms with Crippen LogP contribution in [0, 0.1) is 6.92 Å². The van der Waals surface area contributed by atoms with Gasteiger partial charge in [-0.1, -0.05) is 24.3 Å². The van der Waals surface area contributed by atoms with Gasteiger partial charge in [0.1, 0.15) is 5.78 Å². The highest BCUT2D eigenvalue weighted by Crippen LogP contribution is 2.36. The number of ketones is 1. The third kappa shape index (κ3) is 5.73. The SMILES string of the molecule is Cc1ccccc1-c1c(CCCCC(=O)CC(C)(C)O)nn2ccc(C(F)(F)F)cc12. The van der Waals surface area contributed by atoms with Crippen LogP contribution in [0.15, 0.2) is 42.6 Å². The summed E-state index contributed by atoms with van der Waals surface area (Å²) < 4.78 is 41.4. The van der Waals surface area contributed by atoms with Crippen molar-refractivity contribution in [3.8, 4) is 11.1 Å². The van der Waals surface area contributed by atoms with Crippen LogP contribution in [-0.4, -0.2) is 26.1 Å². The predicted molar refractivity (Wildman–Crippen MR) is 114 cm³/mol. The van der Waals surface area contributed by atoms with E-state index in [1.807, 2.05) is 31.2 Å². The minimum Gasteiger partial charge on any atom is -0.390 e. The van der Waals surface area contributed by atoms with Crippen molar-refractivity contribution < 1.29 is 23.1 Å². The lowest BCUT2D eigenvalue weighted by Crippen LogP contribution is -2.23. The van der Waals surface area contributed by atoms with Gasteiger partial charge in [-0.3, -0.25) is 4.79 Å². The van der Waals surface area contributed by atoms with Crippen LogP contribution in [0.1, 0.15) is 56.4 Å². The molecule has 0 unspecified atom stereocenters. The molecule has 0 spiro atoms. The number of nitrogens with zero attached hydrogens (tertiary/aromatic N) is 2. The lowest BCUT2D eigenvalue weighted by molar-refractivity contribution is -0.137. The number of carbonyl (C=O) groups excluding carboxylic acids is 1. The number of unbranched alkanes of at least 4 members (excludes halogenated alkanes) is 1. The molecule has 0 atom stereocenters. The molecular weight excluding hydrogens is 405 g/mol. The molecule has 0 aliphatic rings. The van der Waals surface area contributed by atoms with Crippen molar-refractivity contribution in [1.29, 1.82) is 0 Å². The maximum Gasteiger partial charge on any atom is 0.416 e. The smallest absolute Gasteiger partial charge is 0.390 e. The number of hydrogen-bond acceptors (Lipinski definition) is 3. The summed E-state index contributed by atoms with van der Waals surface area (Å²) in [6, 6.07) is 9.73. The van der Waals surface area contributed by atoms with Crippen LogP contribution < -0.4 is 0 Å². The van der Waals surface area contributed by atoms with E-state index in [1.54, 1.807) is 13.8 Å². The number of hydrogen-bond donors (Lipinski definition) is 1. The molecule has 1 N–H and O–H groups in total. The largest absolute Gasteiger partial charge is 0.416 e. The molecule has 2 aromatic heterocycles. The molecule has 4 nitrogen and oxygen atoms in total. The van der Waals surface area contributed by atoms with E-state index >= 15 is 0 Å². The second kappa shape index (κ2) is 8.83. The number of fused-ring (bicyclic) bond motifs is 1. The van der Waals surface area contributed by atoms with Gasteiger partial charge in [-0.15, -0.1) is 0 Å². The Kier molecular flexibility index (Phi) is 6.55. The highest BCUT2D eigenvalue weighted by molar-refractivity contribution is 5.84. The molecule has 3 rings (SSSR count). The number of benzene rings is 1. The van der Waals surface area contributed by atoms with Gasteiger partial charge >= 0.3 is 6.18 Å². The second-order valence-electron chi connectivity index (χ2n) is 8.61. The van der Waals surface area contributed by atoms with Crippen LogP contribution in [-0.2, 0) is 17.4 Å². The molecule has 0 radical (unpaired) electrons. The standard InChI is InChI=1S/C24H27F3N2O2/c1-16-8-4-6-10-19(16)22-20(11-7-5-9-18(30)15-23(2,3)31)28-29-13-12-17(14-21(22)29)24(25,26)27/h4,6,8,10,12-14,31H,5,7,9,11,15H2,1-3H3. The maximum absolute atomic E-state index is 13.3. The maximum atomic E-state index is 13.3. The summed E-state index contributed by atoms with van der Waals surface area (Å²) in [4.78, 5) is 12.0.